The summed E-state index contributed by atoms with van der Waals surface area (Å²) < 4.78 is 0. The van der Waals surface area contributed by atoms with Gasteiger partial charge in [-0.1, -0.05) is 39.8 Å². The predicted molar refractivity (Wildman–Crippen MR) is 54.3 cm³/mol. The van der Waals surface area contributed by atoms with Crippen LogP contribution in [0.15, 0.2) is 29.4 Å². The molecule has 0 aliphatic carbocycles. The number of aliphatic imine (C=N–C) groups is 1. The minimum atomic E-state index is 0.115. The predicted octanol–water partition coefficient (Wildman–Crippen LogP) is 3.19. The van der Waals surface area contributed by atoms with Crippen LogP contribution >= 0.6 is 0 Å². The van der Waals surface area contributed by atoms with E-state index >= 15 is 0 Å². The largest absolute Gasteiger partial charge is 0.265 e. The summed E-state index contributed by atoms with van der Waals surface area (Å²) in [5.74, 6) is 0. The van der Waals surface area contributed by atoms with Crippen molar-refractivity contribution < 1.29 is 0 Å². The molecule has 0 amide bonds. The van der Waals surface area contributed by atoms with Crippen molar-refractivity contribution in [2.75, 3.05) is 0 Å². The zero-order chi connectivity index (χ0) is 9.24. The zero-order valence-electron chi connectivity index (χ0n) is 8.33. The van der Waals surface area contributed by atoms with Crippen molar-refractivity contribution in [3.63, 3.8) is 0 Å². The lowest BCUT2D eigenvalue weighted by Gasteiger charge is -2.36. The molecule has 1 aliphatic heterocycles. The maximum absolute atomic E-state index is 4.09. The molecule has 1 atom stereocenters. The van der Waals surface area contributed by atoms with Crippen LogP contribution < -0.4 is 0 Å². The van der Waals surface area contributed by atoms with Crippen molar-refractivity contribution in [2.24, 2.45) is 15.8 Å². The summed E-state index contributed by atoms with van der Waals surface area (Å²) >= 11 is 0. The van der Waals surface area contributed by atoms with E-state index in [4.69, 9.17) is 0 Å². The Morgan fingerprint density at radius 3 is 2.42 bits per heavy atom. The van der Waals surface area contributed by atoms with Gasteiger partial charge in [0.15, 0.2) is 0 Å². The molecule has 0 aromatic heterocycles. The summed E-state index contributed by atoms with van der Waals surface area (Å²) in [6, 6.07) is 0. The fourth-order valence-corrected chi connectivity index (χ4v) is 1.10. The molecule has 0 spiro atoms. The Labute approximate surface area is 74.9 Å². The first-order chi connectivity index (χ1) is 5.46. The Morgan fingerprint density at radius 1 is 1.17 bits per heavy atom. The second kappa shape index (κ2) is 2.89. The first-order valence-electron chi connectivity index (χ1n) is 4.34. The van der Waals surface area contributed by atoms with Crippen molar-refractivity contribution >= 4 is 6.21 Å². The van der Waals surface area contributed by atoms with Crippen molar-refractivity contribution in [1.29, 1.82) is 0 Å². The smallest absolute Gasteiger partial charge is 0.0264 e. The minimum Gasteiger partial charge on any atom is -0.265 e. The molecule has 1 nitrogen and oxygen atoms in total. The van der Waals surface area contributed by atoms with Crippen molar-refractivity contribution in [3.05, 3.63) is 24.4 Å². The lowest BCUT2D eigenvalue weighted by atomic mass is 9.68. The zero-order valence-corrected chi connectivity index (χ0v) is 8.33. The van der Waals surface area contributed by atoms with E-state index < -0.39 is 0 Å². The van der Waals surface area contributed by atoms with Gasteiger partial charge < -0.3 is 0 Å². The first-order valence-corrected chi connectivity index (χ1v) is 4.34. The van der Waals surface area contributed by atoms with E-state index in [0.29, 0.717) is 0 Å². The number of hydrogen-bond donors (Lipinski definition) is 0. The van der Waals surface area contributed by atoms with Gasteiger partial charge in [0.25, 0.3) is 0 Å². The molecule has 66 valence electrons. The summed E-state index contributed by atoms with van der Waals surface area (Å²) in [5.41, 5.74) is 0.358. The summed E-state index contributed by atoms with van der Waals surface area (Å²) in [6.45, 7) is 8.96. The Morgan fingerprint density at radius 2 is 1.83 bits per heavy atom. The van der Waals surface area contributed by atoms with Gasteiger partial charge in [-0.3, -0.25) is 4.99 Å². The molecule has 1 unspecified atom stereocenters. The molecule has 0 N–H and O–H groups in total. The summed E-state index contributed by atoms with van der Waals surface area (Å²) in [7, 11) is 0. The molecule has 1 aliphatic rings. The molecule has 0 aromatic carbocycles. The highest BCUT2D eigenvalue weighted by Crippen LogP contribution is 2.41. The van der Waals surface area contributed by atoms with Crippen LogP contribution in [-0.4, -0.2) is 6.21 Å². The Bertz CT molecular complexity index is 222. The third kappa shape index (κ3) is 1.66. The molecule has 0 saturated heterocycles. The van der Waals surface area contributed by atoms with Gasteiger partial charge in [0.1, 0.15) is 0 Å². The van der Waals surface area contributed by atoms with Gasteiger partial charge in [0.2, 0.25) is 0 Å². The van der Waals surface area contributed by atoms with E-state index in [2.05, 4.69) is 44.8 Å². The normalized spacial score (nSPS) is 29.0. The molecule has 1 heterocycles. The number of rotatable bonds is 0. The third-order valence-electron chi connectivity index (χ3n) is 2.74. The number of allylic oxidation sites excluding steroid dienone is 3. The number of nitrogens with zero attached hydrogens (tertiary/aromatic N) is 1. The maximum Gasteiger partial charge on any atom is 0.0264 e. The molecule has 0 aromatic rings. The Hall–Kier alpha value is -0.850. The lowest BCUT2D eigenvalue weighted by molar-refractivity contribution is 0.228. The van der Waals surface area contributed by atoms with Crippen LogP contribution in [0.5, 0.6) is 0 Å². The standard InChI is InChI=1S/C11H17N/c1-10(2,3)11(4)6-5-8-12-9-7-11/h5-9H,1-4H3. The van der Waals surface area contributed by atoms with Crippen molar-refractivity contribution in [3.8, 4) is 0 Å². The second-order valence-electron chi connectivity index (χ2n) is 4.51. The van der Waals surface area contributed by atoms with Crippen LogP contribution in [0.3, 0.4) is 0 Å². The fraction of sp³-hybridized carbons (Fsp3) is 0.545. The molecule has 12 heavy (non-hydrogen) atoms. The van der Waals surface area contributed by atoms with Gasteiger partial charge in [-0.15, -0.1) is 0 Å². The maximum atomic E-state index is 4.09. The van der Waals surface area contributed by atoms with Crippen LogP contribution in [0.25, 0.3) is 0 Å². The SMILES string of the molecule is CC(C)(C)C1(C)C=CC=NC=C1. The monoisotopic (exact) mass is 163 g/mol. The molecule has 0 fully saturated rings. The van der Waals surface area contributed by atoms with E-state index in [-0.39, 0.29) is 10.8 Å². The van der Waals surface area contributed by atoms with Crippen LogP contribution in [0, 0.1) is 10.8 Å². The average molecular weight is 163 g/mol. The van der Waals surface area contributed by atoms with Gasteiger partial charge >= 0.3 is 0 Å². The molecular formula is C11H17N. The number of hydrogen-bond acceptors (Lipinski definition) is 1. The first kappa shape index (κ1) is 9.24. The fourth-order valence-electron chi connectivity index (χ4n) is 1.10. The summed E-state index contributed by atoms with van der Waals surface area (Å²) in [5, 5.41) is 0. The molecular weight excluding hydrogens is 146 g/mol. The van der Waals surface area contributed by atoms with Crippen LogP contribution in [0.4, 0.5) is 0 Å². The summed E-state index contributed by atoms with van der Waals surface area (Å²) in [4.78, 5) is 4.09. The molecule has 1 heteroatoms. The van der Waals surface area contributed by atoms with Crippen molar-refractivity contribution in [2.45, 2.75) is 27.7 Å². The van der Waals surface area contributed by atoms with Crippen LogP contribution in [-0.2, 0) is 0 Å². The van der Waals surface area contributed by atoms with Gasteiger partial charge in [0, 0.05) is 17.8 Å². The highest BCUT2D eigenvalue weighted by molar-refractivity contribution is 5.72. The van der Waals surface area contributed by atoms with Crippen LogP contribution in [0.1, 0.15) is 27.7 Å². The van der Waals surface area contributed by atoms with Gasteiger partial charge in [-0.25, -0.2) is 0 Å². The van der Waals surface area contributed by atoms with Crippen molar-refractivity contribution in [1.82, 2.24) is 0 Å². The highest BCUT2D eigenvalue weighted by atomic mass is 14.7. The average Bonchev–Trinajstić information content (AvgIpc) is 2.12. The summed E-state index contributed by atoms with van der Waals surface area (Å²) in [6.07, 6.45) is 10.1. The van der Waals surface area contributed by atoms with E-state index in [0.717, 1.165) is 0 Å². The quantitative estimate of drug-likeness (QED) is 0.520. The minimum absolute atomic E-state index is 0.115. The second-order valence-corrected chi connectivity index (χ2v) is 4.51. The molecule has 1 rings (SSSR count). The molecule has 0 bridgehead atoms. The Balaban J connectivity index is 2.99. The van der Waals surface area contributed by atoms with Gasteiger partial charge in [-0.2, -0.15) is 0 Å². The van der Waals surface area contributed by atoms with E-state index in [1.54, 1.807) is 0 Å². The molecule has 0 saturated carbocycles. The van der Waals surface area contributed by atoms with Gasteiger partial charge in [0.05, 0.1) is 0 Å². The highest BCUT2D eigenvalue weighted by Gasteiger charge is 2.32. The lowest BCUT2D eigenvalue weighted by Crippen LogP contribution is -2.28. The Kier molecular flexibility index (Phi) is 2.22. The molecule has 0 radical (unpaired) electrons. The van der Waals surface area contributed by atoms with E-state index in [9.17, 15) is 0 Å². The van der Waals surface area contributed by atoms with Crippen LogP contribution in [0.2, 0.25) is 0 Å². The van der Waals surface area contributed by atoms with Gasteiger partial charge in [-0.05, 0) is 11.5 Å². The third-order valence-corrected chi connectivity index (χ3v) is 2.74. The van der Waals surface area contributed by atoms with E-state index in [1.165, 1.54) is 0 Å². The van der Waals surface area contributed by atoms with E-state index in [1.807, 2.05) is 18.5 Å². The topological polar surface area (TPSA) is 12.4 Å².